The Morgan fingerprint density at radius 1 is 1.27 bits per heavy atom. The number of carbonyl (C=O) groups is 1. The van der Waals surface area contributed by atoms with Crippen molar-refractivity contribution in [3.05, 3.63) is 0 Å². The van der Waals surface area contributed by atoms with E-state index in [2.05, 4.69) is 10.5 Å². The first-order chi connectivity index (χ1) is 6.99. The molecule has 86 valence electrons. The Hall–Kier alpha value is 0.01000. The van der Waals surface area contributed by atoms with Crippen LogP contribution in [0.15, 0.2) is 5.10 Å². The van der Waals surface area contributed by atoms with Gasteiger partial charge in [0.2, 0.25) is 9.70 Å². The van der Waals surface area contributed by atoms with Crippen molar-refractivity contribution >= 4 is 46.9 Å². The van der Waals surface area contributed by atoms with E-state index in [1.807, 2.05) is 0 Å². The highest BCUT2D eigenvalue weighted by molar-refractivity contribution is 6.74. The molecule has 0 unspecified atom stereocenters. The summed E-state index contributed by atoms with van der Waals surface area (Å²) in [5, 5.41) is 3.60. The van der Waals surface area contributed by atoms with Crippen LogP contribution < -0.4 is 5.43 Å². The average Bonchev–Trinajstić information content (AvgIpc) is 2.17. The summed E-state index contributed by atoms with van der Waals surface area (Å²) in [5.41, 5.74) is 2.39. The Morgan fingerprint density at radius 3 is 2.40 bits per heavy atom. The van der Waals surface area contributed by atoms with Gasteiger partial charge in [-0.25, -0.2) is 5.43 Å². The Labute approximate surface area is 104 Å². The molecule has 1 N–H and O–H groups in total. The van der Waals surface area contributed by atoms with Crippen molar-refractivity contribution in [3.63, 3.8) is 0 Å². The predicted octanol–water partition coefficient (Wildman–Crippen LogP) is 3.04. The van der Waals surface area contributed by atoms with Crippen molar-refractivity contribution in [2.75, 3.05) is 0 Å². The van der Waals surface area contributed by atoms with Crippen LogP contribution in [0.2, 0.25) is 0 Å². The van der Waals surface area contributed by atoms with Crippen LogP contribution >= 0.6 is 34.8 Å². The molecule has 0 heterocycles. The molecule has 0 radical (unpaired) electrons. The third-order valence-corrected chi connectivity index (χ3v) is 2.65. The fourth-order valence-electron chi connectivity index (χ4n) is 1.63. The maximum Gasteiger partial charge on any atom is 0.243 e. The van der Waals surface area contributed by atoms with E-state index in [-0.39, 0.29) is 11.8 Å². The van der Waals surface area contributed by atoms with Gasteiger partial charge in [0.1, 0.15) is 0 Å². The molecule has 1 fully saturated rings. The van der Waals surface area contributed by atoms with Crippen LogP contribution in [0.25, 0.3) is 0 Å². The third-order valence-electron chi connectivity index (χ3n) is 2.36. The Bertz CT molecular complexity index is 244. The lowest BCUT2D eigenvalue weighted by molar-refractivity contribution is -0.125. The number of hydrogen-bond donors (Lipinski definition) is 1. The van der Waals surface area contributed by atoms with E-state index in [0.717, 1.165) is 31.9 Å². The maximum atomic E-state index is 11.5. The van der Waals surface area contributed by atoms with Crippen LogP contribution in [-0.2, 0) is 4.79 Å². The first kappa shape index (κ1) is 13.1. The lowest BCUT2D eigenvalue weighted by Crippen LogP contribution is -2.29. The second kappa shape index (κ2) is 5.92. The van der Waals surface area contributed by atoms with Gasteiger partial charge in [-0.15, -0.1) is 0 Å². The number of hydrazone groups is 1. The van der Waals surface area contributed by atoms with E-state index in [1.54, 1.807) is 0 Å². The lowest BCUT2D eigenvalue weighted by Gasteiger charge is -2.19. The highest BCUT2D eigenvalue weighted by atomic mass is 35.6. The van der Waals surface area contributed by atoms with Gasteiger partial charge < -0.3 is 0 Å². The van der Waals surface area contributed by atoms with Gasteiger partial charge in [-0.3, -0.25) is 4.79 Å². The van der Waals surface area contributed by atoms with Crippen molar-refractivity contribution in [3.8, 4) is 0 Å². The SMILES string of the molecule is O=C(NN=CC(Cl)(Cl)Cl)C1CCCCC1. The van der Waals surface area contributed by atoms with Crippen molar-refractivity contribution in [2.45, 2.75) is 35.9 Å². The molecule has 1 aliphatic carbocycles. The molecule has 0 aromatic rings. The highest BCUT2D eigenvalue weighted by Gasteiger charge is 2.21. The fraction of sp³-hybridized carbons (Fsp3) is 0.778. The van der Waals surface area contributed by atoms with Crippen molar-refractivity contribution in [1.29, 1.82) is 0 Å². The number of halogens is 3. The molecule has 0 bridgehead atoms. The van der Waals surface area contributed by atoms with E-state index in [9.17, 15) is 4.79 Å². The number of nitrogens with zero attached hydrogens (tertiary/aromatic N) is 1. The van der Waals surface area contributed by atoms with E-state index < -0.39 is 3.79 Å². The van der Waals surface area contributed by atoms with E-state index in [1.165, 1.54) is 6.42 Å². The zero-order chi connectivity index (χ0) is 11.3. The molecular formula is C9H13Cl3N2O. The molecule has 1 amide bonds. The number of hydrogen-bond acceptors (Lipinski definition) is 2. The standard InChI is InChI=1S/C9H13Cl3N2O/c10-9(11,12)6-13-14-8(15)7-4-2-1-3-5-7/h6-7H,1-5H2,(H,14,15). The minimum Gasteiger partial charge on any atom is -0.273 e. The van der Waals surface area contributed by atoms with Gasteiger partial charge in [-0.2, -0.15) is 5.10 Å². The molecular weight excluding hydrogens is 258 g/mol. The molecule has 0 aliphatic heterocycles. The quantitative estimate of drug-likeness (QED) is 0.468. The van der Waals surface area contributed by atoms with Gasteiger partial charge in [0, 0.05) is 5.92 Å². The first-order valence-corrected chi connectivity index (χ1v) is 6.03. The Kier molecular flexibility index (Phi) is 5.16. The molecule has 0 aromatic heterocycles. The minimum absolute atomic E-state index is 0.0614. The maximum absolute atomic E-state index is 11.5. The van der Waals surface area contributed by atoms with Gasteiger partial charge in [0.15, 0.2) is 0 Å². The molecule has 0 saturated heterocycles. The molecule has 15 heavy (non-hydrogen) atoms. The van der Waals surface area contributed by atoms with Crippen LogP contribution in [-0.4, -0.2) is 15.9 Å². The molecule has 1 rings (SSSR count). The summed E-state index contributed by atoms with van der Waals surface area (Å²) in [4.78, 5) is 11.5. The summed E-state index contributed by atoms with van der Waals surface area (Å²) in [6.07, 6.45) is 6.35. The molecule has 3 nitrogen and oxygen atoms in total. The van der Waals surface area contributed by atoms with Crippen molar-refractivity contribution < 1.29 is 4.79 Å². The smallest absolute Gasteiger partial charge is 0.243 e. The molecule has 1 aliphatic rings. The van der Waals surface area contributed by atoms with Crippen molar-refractivity contribution in [1.82, 2.24) is 5.43 Å². The topological polar surface area (TPSA) is 41.5 Å². The van der Waals surface area contributed by atoms with Gasteiger partial charge in [-0.05, 0) is 12.8 Å². The highest BCUT2D eigenvalue weighted by Crippen LogP contribution is 2.24. The monoisotopic (exact) mass is 270 g/mol. The second-order valence-electron chi connectivity index (χ2n) is 3.61. The Balaban J connectivity index is 2.32. The van der Waals surface area contributed by atoms with Gasteiger partial charge in [-0.1, -0.05) is 54.1 Å². The summed E-state index contributed by atoms with van der Waals surface area (Å²) in [5.74, 6) is -0.0218. The summed E-state index contributed by atoms with van der Waals surface area (Å²) in [6, 6.07) is 0. The molecule has 0 aromatic carbocycles. The fourth-order valence-corrected chi connectivity index (χ4v) is 1.77. The average molecular weight is 272 g/mol. The molecule has 1 saturated carbocycles. The number of carbonyl (C=O) groups excluding carboxylic acids is 1. The molecule has 0 atom stereocenters. The van der Waals surface area contributed by atoms with Gasteiger partial charge in [0.05, 0.1) is 6.21 Å². The van der Waals surface area contributed by atoms with Crippen molar-refractivity contribution in [2.24, 2.45) is 11.0 Å². The number of rotatable bonds is 2. The third kappa shape index (κ3) is 5.59. The summed E-state index contributed by atoms with van der Waals surface area (Å²) < 4.78 is -1.56. The predicted molar refractivity (Wildman–Crippen MR) is 63.5 cm³/mol. The van der Waals surface area contributed by atoms with Crippen LogP contribution in [0, 0.1) is 5.92 Å². The van der Waals surface area contributed by atoms with Crippen LogP contribution in [0.5, 0.6) is 0 Å². The minimum atomic E-state index is -1.56. The molecule has 0 spiro atoms. The normalized spacial score (nSPS) is 19.4. The zero-order valence-corrected chi connectivity index (χ0v) is 10.4. The zero-order valence-electron chi connectivity index (χ0n) is 8.18. The largest absolute Gasteiger partial charge is 0.273 e. The second-order valence-corrected chi connectivity index (χ2v) is 5.98. The van der Waals surface area contributed by atoms with E-state index in [0.29, 0.717) is 0 Å². The summed E-state index contributed by atoms with van der Waals surface area (Å²) in [7, 11) is 0. The van der Waals surface area contributed by atoms with Crippen LogP contribution in [0.4, 0.5) is 0 Å². The van der Waals surface area contributed by atoms with E-state index >= 15 is 0 Å². The Morgan fingerprint density at radius 2 is 1.87 bits per heavy atom. The van der Waals surface area contributed by atoms with Crippen LogP contribution in [0.1, 0.15) is 32.1 Å². The summed E-state index contributed by atoms with van der Waals surface area (Å²) in [6.45, 7) is 0. The van der Waals surface area contributed by atoms with Crippen LogP contribution in [0.3, 0.4) is 0 Å². The first-order valence-electron chi connectivity index (χ1n) is 4.90. The van der Waals surface area contributed by atoms with E-state index in [4.69, 9.17) is 34.8 Å². The van der Waals surface area contributed by atoms with Gasteiger partial charge >= 0.3 is 0 Å². The number of alkyl halides is 3. The molecule has 6 heteroatoms. The number of nitrogens with one attached hydrogen (secondary N) is 1. The number of amides is 1. The van der Waals surface area contributed by atoms with Gasteiger partial charge in [0.25, 0.3) is 0 Å². The lowest BCUT2D eigenvalue weighted by atomic mass is 9.89. The summed E-state index contributed by atoms with van der Waals surface area (Å²) >= 11 is 16.3.